The van der Waals surface area contributed by atoms with Crippen LogP contribution >= 0.6 is 27.5 Å². The standard InChI is InChI=1S/C27H34BrClN2O3/c1-18(26(33)30-21-10-6-7-11-21)31(16-19-9-5-8-12-23(19)29)25(32)17-34-24-14-13-20(15-22(24)28)27(2,3)4/h5,8-9,12-15,18,21H,6-7,10-11,16-17H2,1-4H3,(H,30,33)/t18-/m0/s1. The number of carbonyl (C=O) groups is 2. The van der Waals surface area contributed by atoms with Gasteiger partial charge in [-0.3, -0.25) is 9.59 Å². The van der Waals surface area contributed by atoms with Gasteiger partial charge in [-0.25, -0.2) is 0 Å². The molecular formula is C27H34BrClN2O3. The number of nitrogens with one attached hydrogen (secondary N) is 1. The Bertz CT molecular complexity index is 1020. The van der Waals surface area contributed by atoms with Crippen molar-refractivity contribution in [1.82, 2.24) is 10.2 Å². The number of nitrogens with zero attached hydrogens (tertiary/aromatic N) is 1. The number of hydrogen-bond donors (Lipinski definition) is 1. The van der Waals surface area contributed by atoms with Gasteiger partial charge in [0.25, 0.3) is 5.91 Å². The summed E-state index contributed by atoms with van der Waals surface area (Å²) in [5.74, 6) is 0.158. The summed E-state index contributed by atoms with van der Waals surface area (Å²) in [6, 6.07) is 12.8. The summed E-state index contributed by atoms with van der Waals surface area (Å²) in [6.07, 6.45) is 4.22. The van der Waals surface area contributed by atoms with Crippen LogP contribution in [0.1, 0.15) is 64.5 Å². The summed E-state index contributed by atoms with van der Waals surface area (Å²) in [5.41, 5.74) is 1.95. The molecule has 0 spiro atoms. The normalized spacial score (nSPS) is 15.1. The number of ether oxygens (including phenoxy) is 1. The SMILES string of the molecule is C[C@@H](C(=O)NC1CCCC1)N(Cc1ccccc1Cl)C(=O)COc1ccc(C(C)(C)C)cc1Br. The largest absolute Gasteiger partial charge is 0.483 e. The first-order valence-corrected chi connectivity index (χ1v) is 13.0. The predicted molar refractivity (Wildman–Crippen MR) is 140 cm³/mol. The monoisotopic (exact) mass is 548 g/mol. The molecule has 2 aromatic carbocycles. The van der Waals surface area contributed by atoms with Crippen LogP contribution in [0.15, 0.2) is 46.9 Å². The Kier molecular flexibility index (Phi) is 9.05. The number of rotatable bonds is 8. The third-order valence-corrected chi connectivity index (χ3v) is 7.30. The van der Waals surface area contributed by atoms with Gasteiger partial charge >= 0.3 is 0 Å². The molecule has 0 heterocycles. The van der Waals surface area contributed by atoms with Gasteiger partial charge in [0, 0.05) is 17.6 Å². The molecule has 0 saturated heterocycles. The molecule has 1 atom stereocenters. The van der Waals surface area contributed by atoms with Gasteiger partial charge in [-0.05, 0) is 70.4 Å². The molecule has 1 aliphatic rings. The smallest absolute Gasteiger partial charge is 0.261 e. The molecule has 0 bridgehead atoms. The fourth-order valence-corrected chi connectivity index (χ4v) is 4.78. The lowest BCUT2D eigenvalue weighted by atomic mass is 9.87. The Labute approximate surface area is 216 Å². The van der Waals surface area contributed by atoms with Gasteiger partial charge in [-0.15, -0.1) is 0 Å². The summed E-state index contributed by atoms with van der Waals surface area (Å²) < 4.78 is 6.66. The second kappa shape index (κ2) is 11.6. The van der Waals surface area contributed by atoms with E-state index in [1.807, 2.05) is 36.4 Å². The van der Waals surface area contributed by atoms with Crippen LogP contribution in [0.2, 0.25) is 5.02 Å². The van der Waals surface area contributed by atoms with Crippen molar-refractivity contribution in [1.29, 1.82) is 0 Å². The van der Waals surface area contributed by atoms with E-state index < -0.39 is 6.04 Å². The maximum atomic E-state index is 13.3. The molecule has 34 heavy (non-hydrogen) atoms. The maximum Gasteiger partial charge on any atom is 0.261 e. The molecule has 0 aromatic heterocycles. The van der Waals surface area contributed by atoms with Crippen molar-refractivity contribution in [3.8, 4) is 5.75 Å². The highest BCUT2D eigenvalue weighted by Crippen LogP contribution is 2.31. The van der Waals surface area contributed by atoms with Crippen molar-refractivity contribution in [2.75, 3.05) is 6.61 Å². The lowest BCUT2D eigenvalue weighted by Gasteiger charge is -2.30. The van der Waals surface area contributed by atoms with E-state index in [1.165, 1.54) is 0 Å². The summed E-state index contributed by atoms with van der Waals surface area (Å²) >= 11 is 9.92. The lowest BCUT2D eigenvalue weighted by Crippen LogP contribution is -2.50. The number of carbonyl (C=O) groups excluding carboxylic acids is 2. The molecule has 2 amide bonds. The number of benzene rings is 2. The Morgan fingerprint density at radius 1 is 1.18 bits per heavy atom. The zero-order valence-corrected chi connectivity index (χ0v) is 22.7. The minimum absolute atomic E-state index is 0.00469. The van der Waals surface area contributed by atoms with Crippen LogP contribution in [0.25, 0.3) is 0 Å². The van der Waals surface area contributed by atoms with Crippen LogP contribution in [0.3, 0.4) is 0 Å². The third-order valence-electron chi connectivity index (χ3n) is 6.32. The first-order chi connectivity index (χ1) is 16.1. The molecule has 0 unspecified atom stereocenters. The minimum atomic E-state index is -0.653. The van der Waals surface area contributed by atoms with Gasteiger partial charge in [0.15, 0.2) is 6.61 Å². The Morgan fingerprint density at radius 3 is 2.47 bits per heavy atom. The van der Waals surface area contributed by atoms with E-state index in [4.69, 9.17) is 16.3 Å². The fourth-order valence-electron chi connectivity index (χ4n) is 4.09. The van der Waals surface area contributed by atoms with Crippen molar-refractivity contribution < 1.29 is 14.3 Å². The predicted octanol–water partition coefficient (Wildman–Crippen LogP) is 6.25. The first-order valence-electron chi connectivity index (χ1n) is 11.8. The van der Waals surface area contributed by atoms with Crippen molar-refractivity contribution in [3.05, 3.63) is 63.1 Å². The Hall–Kier alpha value is -2.05. The van der Waals surface area contributed by atoms with E-state index in [9.17, 15) is 9.59 Å². The van der Waals surface area contributed by atoms with Crippen LogP contribution in [-0.2, 0) is 21.5 Å². The number of amides is 2. The van der Waals surface area contributed by atoms with Crippen LogP contribution < -0.4 is 10.1 Å². The topological polar surface area (TPSA) is 58.6 Å². The molecule has 5 nitrogen and oxygen atoms in total. The second-order valence-corrected chi connectivity index (χ2v) is 11.2. The highest BCUT2D eigenvalue weighted by molar-refractivity contribution is 9.10. The van der Waals surface area contributed by atoms with Crippen LogP contribution in [0, 0.1) is 0 Å². The molecule has 1 saturated carbocycles. The summed E-state index contributed by atoms with van der Waals surface area (Å²) in [4.78, 5) is 27.9. The van der Waals surface area contributed by atoms with Crippen molar-refractivity contribution in [2.45, 2.75) is 77.4 Å². The van der Waals surface area contributed by atoms with E-state index >= 15 is 0 Å². The van der Waals surface area contributed by atoms with Gasteiger partial charge < -0.3 is 15.0 Å². The number of halogens is 2. The first kappa shape index (κ1) is 26.6. The quantitative estimate of drug-likeness (QED) is 0.423. The van der Waals surface area contributed by atoms with E-state index in [2.05, 4.69) is 42.0 Å². The van der Waals surface area contributed by atoms with Crippen LogP contribution in [0.4, 0.5) is 0 Å². The van der Waals surface area contributed by atoms with Crippen LogP contribution in [0.5, 0.6) is 5.75 Å². The van der Waals surface area contributed by atoms with Gasteiger partial charge in [0.1, 0.15) is 11.8 Å². The van der Waals surface area contributed by atoms with Gasteiger partial charge in [-0.1, -0.05) is 69.5 Å². The van der Waals surface area contributed by atoms with Crippen molar-refractivity contribution in [3.63, 3.8) is 0 Å². The summed E-state index contributed by atoms with van der Waals surface area (Å²) in [6.45, 7) is 8.23. The maximum absolute atomic E-state index is 13.3. The lowest BCUT2D eigenvalue weighted by molar-refractivity contribution is -0.142. The molecule has 2 aromatic rings. The Morgan fingerprint density at radius 2 is 1.85 bits per heavy atom. The highest BCUT2D eigenvalue weighted by Gasteiger charge is 2.29. The van der Waals surface area contributed by atoms with E-state index in [0.29, 0.717) is 10.8 Å². The zero-order chi connectivity index (χ0) is 24.9. The summed E-state index contributed by atoms with van der Waals surface area (Å²) in [7, 11) is 0. The molecule has 1 N–H and O–H groups in total. The third kappa shape index (κ3) is 6.98. The van der Waals surface area contributed by atoms with Crippen molar-refractivity contribution >= 4 is 39.3 Å². The molecule has 7 heteroatoms. The van der Waals surface area contributed by atoms with E-state index in [0.717, 1.165) is 41.3 Å². The minimum Gasteiger partial charge on any atom is -0.483 e. The molecule has 1 fully saturated rings. The fraction of sp³-hybridized carbons (Fsp3) is 0.481. The zero-order valence-electron chi connectivity index (χ0n) is 20.4. The van der Waals surface area contributed by atoms with Crippen LogP contribution in [-0.4, -0.2) is 35.4 Å². The molecule has 0 aliphatic heterocycles. The second-order valence-electron chi connectivity index (χ2n) is 9.96. The van der Waals surface area contributed by atoms with E-state index in [1.54, 1.807) is 17.9 Å². The Balaban J connectivity index is 1.74. The average molecular weight is 550 g/mol. The highest BCUT2D eigenvalue weighted by atomic mass is 79.9. The molecule has 0 radical (unpaired) electrons. The van der Waals surface area contributed by atoms with Gasteiger partial charge in [0.05, 0.1) is 4.47 Å². The average Bonchev–Trinajstić information content (AvgIpc) is 3.29. The molecule has 1 aliphatic carbocycles. The molecule has 3 rings (SSSR count). The molecule has 184 valence electrons. The van der Waals surface area contributed by atoms with Gasteiger partial charge in [0.2, 0.25) is 5.91 Å². The molecular weight excluding hydrogens is 516 g/mol. The van der Waals surface area contributed by atoms with E-state index in [-0.39, 0.29) is 36.4 Å². The number of hydrogen-bond acceptors (Lipinski definition) is 3. The van der Waals surface area contributed by atoms with Gasteiger partial charge in [-0.2, -0.15) is 0 Å². The summed E-state index contributed by atoms with van der Waals surface area (Å²) in [5, 5.41) is 3.66. The van der Waals surface area contributed by atoms with Crippen molar-refractivity contribution in [2.24, 2.45) is 0 Å².